The molecule has 0 saturated carbocycles. The van der Waals surface area contributed by atoms with Crippen LogP contribution in [0, 0.1) is 0 Å². The Morgan fingerprint density at radius 3 is 2.74 bits per heavy atom. The van der Waals surface area contributed by atoms with Crippen LogP contribution in [0.5, 0.6) is 0 Å². The number of amides is 3. The summed E-state index contributed by atoms with van der Waals surface area (Å²) in [5, 5.41) is 13.5. The third kappa shape index (κ3) is 3.70. The molecule has 23 heavy (non-hydrogen) atoms. The van der Waals surface area contributed by atoms with Crippen molar-refractivity contribution in [1.82, 2.24) is 10.6 Å². The molecule has 1 aliphatic rings. The molecule has 1 aromatic carbocycles. The van der Waals surface area contributed by atoms with Gasteiger partial charge < -0.3 is 20.6 Å². The number of aliphatic hydroxyl groups excluding tert-OH is 1. The van der Waals surface area contributed by atoms with Gasteiger partial charge in [-0.15, -0.1) is 0 Å². The monoisotopic (exact) mass is 383 g/mol. The second-order valence-electron chi connectivity index (χ2n) is 5.03. The highest BCUT2D eigenvalue weighted by atomic mass is 79.9. The van der Waals surface area contributed by atoms with Gasteiger partial charge in [-0.3, -0.25) is 14.4 Å². The lowest BCUT2D eigenvalue weighted by molar-refractivity contribution is -0.140. The molecule has 7 nitrogen and oxygen atoms in total. The van der Waals surface area contributed by atoms with E-state index in [1.54, 1.807) is 17.0 Å². The normalized spacial score (nSPS) is 16.2. The lowest BCUT2D eigenvalue weighted by Gasteiger charge is -2.15. The summed E-state index contributed by atoms with van der Waals surface area (Å²) in [5.74, 6) is -1.96. The highest BCUT2D eigenvalue weighted by molar-refractivity contribution is 9.10. The van der Waals surface area contributed by atoms with Crippen molar-refractivity contribution < 1.29 is 19.5 Å². The molecular formula is C15H18BrN3O4. The first kappa shape index (κ1) is 17.4. The van der Waals surface area contributed by atoms with Gasteiger partial charge in [0.1, 0.15) is 6.04 Å². The van der Waals surface area contributed by atoms with E-state index in [1.807, 2.05) is 13.0 Å². The Morgan fingerprint density at radius 1 is 1.35 bits per heavy atom. The molecule has 3 N–H and O–H groups in total. The molecule has 0 aliphatic carbocycles. The zero-order valence-corrected chi connectivity index (χ0v) is 14.2. The van der Waals surface area contributed by atoms with E-state index in [4.69, 9.17) is 5.11 Å². The number of fused-ring (bicyclic) bond motifs is 1. The summed E-state index contributed by atoms with van der Waals surface area (Å²) in [7, 11) is 0. The van der Waals surface area contributed by atoms with Crippen LogP contribution in [0.25, 0.3) is 0 Å². The summed E-state index contributed by atoms with van der Waals surface area (Å²) in [4.78, 5) is 37.7. The molecule has 1 atom stereocenters. The Hall–Kier alpha value is -1.93. The minimum absolute atomic E-state index is 0.0735. The van der Waals surface area contributed by atoms with Gasteiger partial charge in [-0.05, 0) is 31.5 Å². The van der Waals surface area contributed by atoms with Crippen LogP contribution < -0.4 is 15.5 Å². The number of carbonyl (C=O) groups excluding carboxylic acids is 3. The Labute approximate surface area is 142 Å². The van der Waals surface area contributed by atoms with Crippen molar-refractivity contribution in [1.29, 1.82) is 0 Å². The fourth-order valence-corrected chi connectivity index (χ4v) is 2.81. The van der Waals surface area contributed by atoms with E-state index in [2.05, 4.69) is 26.6 Å². The maximum atomic E-state index is 12.5. The quantitative estimate of drug-likeness (QED) is 0.508. The van der Waals surface area contributed by atoms with Gasteiger partial charge in [0.2, 0.25) is 0 Å². The Morgan fingerprint density at radius 2 is 2.09 bits per heavy atom. The highest BCUT2D eigenvalue weighted by Crippen LogP contribution is 2.37. The first-order valence-corrected chi connectivity index (χ1v) is 8.09. The van der Waals surface area contributed by atoms with Crippen molar-refractivity contribution in [3.63, 3.8) is 0 Å². The van der Waals surface area contributed by atoms with E-state index in [9.17, 15) is 14.4 Å². The summed E-state index contributed by atoms with van der Waals surface area (Å²) in [6.45, 7) is 2.44. The molecule has 0 saturated heterocycles. The Kier molecular flexibility index (Phi) is 5.73. The van der Waals surface area contributed by atoms with Crippen molar-refractivity contribution in [2.75, 3.05) is 24.6 Å². The number of halogens is 1. The molecule has 0 aromatic heterocycles. The molecule has 1 unspecified atom stereocenters. The minimum Gasteiger partial charge on any atom is -0.396 e. The molecule has 8 heteroatoms. The summed E-state index contributed by atoms with van der Waals surface area (Å²) in [6, 6.07) is 4.50. The summed E-state index contributed by atoms with van der Waals surface area (Å²) in [5.41, 5.74) is 1.38. The molecule has 0 bridgehead atoms. The molecule has 2 rings (SSSR count). The smallest absolute Gasteiger partial charge is 0.310 e. The van der Waals surface area contributed by atoms with Crippen LogP contribution in [0.15, 0.2) is 22.7 Å². The number of rotatable bonds is 5. The molecule has 0 fully saturated rings. The van der Waals surface area contributed by atoms with Crippen LogP contribution in [-0.2, 0) is 14.4 Å². The van der Waals surface area contributed by atoms with Crippen LogP contribution in [0.3, 0.4) is 0 Å². The van der Waals surface area contributed by atoms with E-state index in [0.717, 1.165) is 10.2 Å². The van der Waals surface area contributed by atoms with Gasteiger partial charge in [0, 0.05) is 35.4 Å². The lowest BCUT2D eigenvalue weighted by atomic mass is 10.1. The summed E-state index contributed by atoms with van der Waals surface area (Å²) in [6.07, 6.45) is 0.362. The lowest BCUT2D eigenvalue weighted by Crippen LogP contribution is -2.44. The fourth-order valence-electron chi connectivity index (χ4n) is 2.43. The molecule has 3 amide bonds. The van der Waals surface area contributed by atoms with E-state index < -0.39 is 17.9 Å². The molecule has 1 aromatic rings. The number of carbonyl (C=O) groups is 3. The van der Waals surface area contributed by atoms with Crippen LogP contribution in [0.1, 0.15) is 24.9 Å². The number of hydrogen-bond acceptors (Lipinski definition) is 4. The van der Waals surface area contributed by atoms with Crippen molar-refractivity contribution in [3.05, 3.63) is 28.2 Å². The van der Waals surface area contributed by atoms with Gasteiger partial charge in [-0.2, -0.15) is 0 Å². The molecule has 1 heterocycles. The third-order valence-electron chi connectivity index (χ3n) is 3.52. The number of anilines is 1. The number of hydrogen-bond donors (Lipinski definition) is 3. The van der Waals surface area contributed by atoms with Gasteiger partial charge in [0.15, 0.2) is 0 Å². The first-order chi connectivity index (χ1) is 11.0. The van der Waals surface area contributed by atoms with Gasteiger partial charge in [-0.25, -0.2) is 0 Å². The van der Waals surface area contributed by atoms with Gasteiger partial charge in [-0.1, -0.05) is 15.9 Å². The highest BCUT2D eigenvalue weighted by Gasteiger charge is 2.38. The van der Waals surface area contributed by atoms with Crippen LogP contribution in [-0.4, -0.2) is 42.5 Å². The predicted octanol–water partition coefficient (Wildman–Crippen LogP) is 0.472. The zero-order chi connectivity index (χ0) is 17.0. The summed E-state index contributed by atoms with van der Waals surface area (Å²) >= 11 is 3.35. The van der Waals surface area contributed by atoms with Gasteiger partial charge in [0.05, 0.1) is 0 Å². The maximum absolute atomic E-state index is 12.5. The molecule has 1 aliphatic heterocycles. The van der Waals surface area contributed by atoms with Crippen molar-refractivity contribution in [2.45, 2.75) is 19.4 Å². The van der Waals surface area contributed by atoms with E-state index >= 15 is 0 Å². The van der Waals surface area contributed by atoms with Crippen LogP contribution >= 0.6 is 15.9 Å². The number of nitrogens with one attached hydrogen (secondary N) is 2. The molecular weight excluding hydrogens is 366 g/mol. The van der Waals surface area contributed by atoms with Gasteiger partial charge >= 0.3 is 11.8 Å². The minimum atomic E-state index is -0.876. The third-order valence-corrected chi connectivity index (χ3v) is 4.02. The van der Waals surface area contributed by atoms with E-state index in [-0.39, 0.29) is 19.1 Å². The SMILES string of the molecule is CCN1C(=O)C(NC(=O)C(=O)NCCCO)c2cc(Br)ccc21. The average Bonchev–Trinajstić information content (AvgIpc) is 2.78. The van der Waals surface area contributed by atoms with Crippen molar-refractivity contribution in [2.24, 2.45) is 0 Å². The van der Waals surface area contributed by atoms with Crippen LogP contribution in [0.4, 0.5) is 5.69 Å². The van der Waals surface area contributed by atoms with Crippen LogP contribution in [0.2, 0.25) is 0 Å². The maximum Gasteiger partial charge on any atom is 0.310 e. The number of likely N-dealkylation sites (N-methyl/N-ethyl adjacent to an activating group) is 1. The predicted molar refractivity (Wildman–Crippen MR) is 87.8 cm³/mol. The number of nitrogens with zero attached hydrogens (tertiary/aromatic N) is 1. The largest absolute Gasteiger partial charge is 0.396 e. The number of aliphatic hydroxyl groups is 1. The van der Waals surface area contributed by atoms with Crippen molar-refractivity contribution >= 4 is 39.3 Å². The fraction of sp³-hybridized carbons (Fsp3) is 0.400. The second-order valence-corrected chi connectivity index (χ2v) is 5.94. The zero-order valence-electron chi connectivity index (χ0n) is 12.6. The standard InChI is InChI=1S/C15H18BrN3O4/c1-2-19-11-5-4-9(16)8-10(11)12(15(19)23)18-14(22)13(21)17-6-3-7-20/h4-5,8,12,20H,2-3,6-7H2,1H3,(H,17,21)(H,18,22). The van der Waals surface area contributed by atoms with Crippen molar-refractivity contribution in [3.8, 4) is 0 Å². The Balaban J connectivity index is 2.14. The van der Waals surface area contributed by atoms with E-state index in [1.165, 1.54) is 0 Å². The van der Waals surface area contributed by atoms with E-state index in [0.29, 0.717) is 18.5 Å². The number of benzene rings is 1. The molecule has 124 valence electrons. The van der Waals surface area contributed by atoms with Gasteiger partial charge in [0.25, 0.3) is 5.91 Å². The first-order valence-electron chi connectivity index (χ1n) is 7.30. The Bertz CT molecular complexity index is 635. The topological polar surface area (TPSA) is 98.7 Å². The molecule has 0 spiro atoms. The second kappa shape index (κ2) is 7.56. The average molecular weight is 384 g/mol. The summed E-state index contributed by atoms with van der Waals surface area (Å²) < 4.78 is 0.786. The molecule has 0 radical (unpaired) electrons.